The number of ether oxygens (including phenoxy) is 2. The maximum absolute atomic E-state index is 12.6. The number of hydrogen-bond acceptors (Lipinski definition) is 2. The van der Waals surface area contributed by atoms with E-state index in [9.17, 15) is 13.2 Å². The third-order valence-corrected chi connectivity index (χ3v) is 3.00. The summed E-state index contributed by atoms with van der Waals surface area (Å²) < 4.78 is 48.2. The molecule has 2 nitrogen and oxygen atoms in total. The van der Waals surface area contributed by atoms with E-state index < -0.39 is 11.7 Å². The molecule has 0 saturated heterocycles. The lowest BCUT2D eigenvalue weighted by molar-refractivity contribution is -0.137. The molecule has 2 rings (SSSR count). The van der Waals surface area contributed by atoms with Crippen LogP contribution < -0.4 is 0 Å². The van der Waals surface area contributed by atoms with Crippen LogP contribution in [0.2, 0.25) is 0 Å². The molecule has 1 atom stereocenters. The highest BCUT2D eigenvalue weighted by Gasteiger charge is 2.31. The van der Waals surface area contributed by atoms with Crippen molar-refractivity contribution in [2.24, 2.45) is 0 Å². The van der Waals surface area contributed by atoms with Crippen LogP contribution in [-0.2, 0) is 22.1 Å². The molecule has 0 aromatic heterocycles. The van der Waals surface area contributed by atoms with Crippen LogP contribution >= 0.6 is 0 Å². The summed E-state index contributed by atoms with van der Waals surface area (Å²) in [6, 6.07) is 3.82. The molecule has 1 aliphatic carbocycles. The van der Waals surface area contributed by atoms with Gasteiger partial charge in [-0.3, -0.25) is 0 Å². The van der Waals surface area contributed by atoms with Crippen LogP contribution in [0.15, 0.2) is 24.3 Å². The minimum atomic E-state index is -4.30. The Morgan fingerprint density at radius 1 is 1.26 bits per heavy atom. The highest BCUT2D eigenvalue weighted by atomic mass is 19.4. The fourth-order valence-electron chi connectivity index (χ4n) is 2.01. The van der Waals surface area contributed by atoms with Crippen molar-refractivity contribution in [1.29, 1.82) is 0 Å². The van der Waals surface area contributed by atoms with E-state index in [1.807, 2.05) is 0 Å². The molecule has 0 fully saturated rings. The van der Waals surface area contributed by atoms with Gasteiger partial charge in [-0.05, 0) is 23.3 Å². The molecule has 0 radical (unpaired) electrons. The topological polar surface area (TPSA) is 18.5 Å². The predicted molar refractivity (Wildman–Crippen MR) is 65.8 cm³/mol. The Balaban J connectivity index is 2.07. The SMILES string of the molecule is COCCOC1C=Cc2cc(C(F)(F)F)ccc2C1. The van der Waals surface area contributed by atoms with E-state index in [4.69, 9.17) is 9.47 Å². The summed E-state index contributed by atoms with van der Waals surface area (Å²) in [5, 5.41) is 0. The number of hydrogen-bond donors (Lipinski definition) is 0. The molecule has 104 valence electrons. The largest absolute Gasteiger partial charge is 0.416 e. The molecular formula is C14H15F3O2. The Hall–Kier alpha value is -1.33. The lowest BCUT2D eigenvalue weighted by Gasteiger charge is -2.21. The van der Waals surface area contributed by atoms with Crippen molar-refractivity contribution in [3.8, 4) is 0 Å². The zero-order chi connectivity index (χ0) is 13.9. The Kier molecular flexibility index (Phi) is 4.27. The van der Waals surface area contributed by atoms with Crippen molar-refractivity contribution in [2.45, 2.75) is 18.7 Å². The first-order chi connectivity index (χ1) is 9.00. The van der Waals surface area contributed by atoms with E-state index in [1.54, 1.807) is 19.3 Å². The summed E-state index contributed by atoms with van der Waals surface area (Å²) in [7, 11) is 1.59. The normalized spacial score (nSPS) is 18.4. The number of halogens is 3. The molecule has 1 aromatic carbocycles. The fraction of sp³-hybridized carbons (Fsp3) is 0.429. The van der Waals surface area contributed by atoms with Crippen molar-refractivity contribution < 1.29 is 22.6 Å². The minimum Gasteiger partial charge on any atom is -0.382 e. The summed E-state index contributed by atoms with van der Waals surface area (Å²) in [6.45, 7) is 0.978. The molecule has 0 aliphatic heterocycles. The molecule has 1 aliphatic rings. The molecule has 0 spiro atoms. The quantitative estimate of drug-likeness (QED) is 0.783. The molecule has 0 bridgehead atoms. The molecule has 0 amide bonds. The average molecular weight is 272 g/mol. The maximum Gasteiger partial charge on any atom is 0.416 e. The van der Waals surface area contributed by atoms with Crippen molar-refractivity contribution in [2.75, 3.05) is 20.3 Å². The zero-order valence-corrected chi connectivity index (χ0v) is 10.5. The number of methoxy groups -OCH3 is 1. The van der Waals surface area contributed by atoms with Crippen molar-refractivity contribution in [3.63, 3.8) is 0 Å². The molecule has 0 heterocycles. The van der Waals surface area contributed by atoms with Crippen molar-refractivity contribution >= 4 is 6.08 Å². The first kappa shape index (κ1) is 14.1. The molecule has 5 heteroatoms. The van der Waals surface area contributed by atoms with E-state index in [2.05, 4.69) is 0 Å². The number of benzene rings is 1. The summed E-state index contributed by atoms with van der Waals surface area (Å²) >= 11 is 0. The molecule has 19 heavy (non-hydrogen) atoms. The Bertz CT molecular complexity index is 466. The van der Waals surface area contributed by atoms with Gasteiger partial charge in [0.05, 0.1) is 24.9 Å². The van der Waals surface area contributed by atoms with Crippen LogP contribution in [0.3, 0.4) is 0 Å². The second-order valence-corrected chi connectivity index (χ2v) is 4.38. The van der Waals surface area contributed by atoms with Gasteiger partial charge in [0.1, 0.15) is 0 Å². The van der Waals surface area contributed by atoms with Crippen LogP contribution in [0.1, 0.15) is 16.7 Å². The summed E-state index contributed by atoms with van der Waals surface area (Å²) in [5.74, 6) is 0. The first-order valence-electron chi connectivity index (χ1n) is 5.99. The van der Waals surface area contributed by atoms with Crippen LogP contribution in [-0.4, -0.2) is 26.4 Å². The number of alkyl halides is 3. The number of fused-ring (bicyclic) bond motifs is 1. The zero-order valence-electron chi connectivity index (χ0n) is 10.5. The monoisotopic (exact) mass is 272 g/mol. The summed E-state index contributed by atoms with van der Waals surface area (Å²) in [6.07, 6.45) is -0.328. The molecule has 1 aromatic rings. The average Bonchev–Trinajstić information content (AvgIpc) is 2.37. The lowest BCUT2D eigenvalue weighted by atomic mass is 9.94. The second-order valence-electron chi connectivity index (χ2n) is 4.38. The van der Waals surface area contributed by atoms with Crippen molar-refractivity contribution in [3.05, 3.63) is 41.0 Å². The van der Waals surface area contributed by atoms with Crippen molar-refractivity contribution in [1.82, 2.24) is 0 Å². The summed E-state index contributed by atoms with van der Waals surface area (Å²) in [5.41, 5.74) is 0.869. The Morgan fingerprint density at radius 2 is 2.05 bits per heavy atom. The smallest absolute Gasteiger partial charge is 0.382 e. The highest BCUT2D eigenvalue weighted by Crippen LogP contribution is 2.32. The number of rotatable bonds is 4. The van der Waals surface area contributed by atoms with Gasteiger partial charge < -0.3 is 9.47 Å². The van der Waals surface area contributed by atoms with Gasteiger partial charge in [0.15, 0.2) is 0 Å². The van der Waals surface area contributed by atoms with Gasteiger partial charge in [0, 0.05) is 13.5 Å². The second kappa shape index (κ2) is 5.75. The van der Waals surface area contributed by atoms with Gasteiger partial charge in [0.25, 0.3) is 0 Å². The van der Waals surface area contributed by atoms with E-state index in [-0.39, 0.29) is 6.10 Å². The summed E-state index contributed by atoms with van der Waals surface area (Å²) in [4.78, 5) is 0. The Morgan fingerprint density at radius 3 is 2.74 bits per heavy atom. The first-order valence-corrected chi connectivity index (χ1v) is 5.99. The predicted octanol–water partition coefficient (Wildman–Crippen LogP) is 3.31. The van der Waals surface area contributed by atoms with Crippen LogP contribution in [0.4, 0.5) is 13.2 Å². The van der Waals surface area contributed by atoms with Gasteiger partial charge in [-0.1, -0.05) is 18.2 Å². The van der Waals surface area contributed by atoms with Crippen LogP contribution in [0.25, 0.3) is 6.08 Å². The Labute approximate surface area is 109 Å². The van der Waals surface area contributed by atoms with Gasteiger partial charge in [-0.2, -0.15) is 13.2 Å². The lowest BCUT2D eigenvalue weighted by Crippen LogP contribution is -2.19. The minimum absolute atomic E-state index is 0.0978. The molecule has 0 saturated carbocycles. The highest BCUT2D eigenvalue weighted by molar-refractivity contribution is 5.58. The van der Waals surface area contributed by atoms with E-state index in [0.29, 0.717) is 25.2 Å². The van der Waals surface area contributed by atoms with Crippen LogP contribution in [0, 0.1) is 0 Å². The standard InChI is InChI=1S/C14H15F3O2/c1-18-6-7-19-13-5-3-10-8-12(14(15,16)17)4-2-11(10)9-13/h2-5,8,13H,6-7,9H2,1H3. The molecule has 0 N–H and O–H groups in total. The van der Waals surface area contributed by atoms with Gasteiger partial charge in [0.2, 0.25) is 0 Å². The third kappa shape index (κ3) is 3.58. The molecule has 1 unspecified atom stereocenters. The van der Waals surface area contributed by atoms with Gasteiger partial charge in [-0.15, -0.1) is 0 Å². The van der Waals surface area contributed by atoms with E-state index in [0.717, 1.165) is 11.6 Å². The fourth-order valence-corrected chi connectivity index (χ4v) is 2.01. The molecular weight excluding hydrogens is 257 g/mol. The van der Waals surface area contributed by atoms with E-state index >= 15 is 0 Å². The third-order valence-electron chi connectivity index (χ3n) is 3.00. The van der Waals surface area contributed by atoms with Crippen LogP contribution in [0.5, 0.6) is 0 Å². The maximum atomic E-state index is 12.6. The van der Waals surface area contributed by atoms with E-state index in [1.165, 1.54) is 12.1 Å². The van der Waals surface area contributed by atoms with Gasteiger partial charge >= 0.3 is 6.18 Å². The van der Waals surface area contributed by atoms with Gasteiger partial charge in [-0.25, -0.2) is 0 Å².